The fourth-order valence-corrected chi connectivity index (χ4v) is 3.40. The molecule has 0 radical (unpaired) electrons. The molecular weight excluding hydrogens is 248 g/mol. The molecule has 1 aromatic carbocycles. The molecule has 4 nitrogen and oxygen atoms in total. The highest BCUT2D eigenvalue weighted by molar-refractivity contribution is 7.91. The summed E-state index contributed by atoms with van der Waals surface area (Å²) in [4.78, 5) is 4.22. The summed E-state index contributed by atoms with van der Waals surface area (Å²) in [5, 5.41) is -0.756. The number of sulfone groups is 1. The van der Waals surface area contributed by atoms with Crippen LogP contribution in [-0.4, -0.2) is 19.9 Å². The van der Waals surface area contributed by atoms with Crippen LogP contribution in [0.15, 0.2) is 59.8 Å². The van der Waals surface area contributed by atoms with Crippen LogP contribution in [0.4, 0.5) is 0 Å². The average Bonchev–Trinajstić information content (AvgIpc) is 2.41. The largest absolute Gasteiger partial charge is 0.329 e. The zero-order valence-corrected chi connectivity index (χ0v) is 10.5. The van der Waals surface area contributed by atoms with Gasteiger partial charge in [0.2, 0.25) is 0 Å². The molecule has 0 aliphatic carbocycles. The second-order valence-corrected chi connectivity index (χ2v) is 6.00. The van der Waals surface area contributed by atoms with Crippen molar-refractivity contribution < 1.29 is 8.42 Å². The summed E-state index contributed by atoms with van der Waals surface area (Å²) >= 11 is 0. The van der Waals surface area contributed by atoms with E-state index in [4.69, 9.17) is 5.73 Å². The van der Waals surface area contributed by atoms with Crippen molar-refractivity contribution in [2.45, 2.75) is 10.1 Å². The number of hydrogen-bond donors (Lipinski definition) is 1. The maximum absolute atomic E-state index is 12.5. The molecule has 0 unspecified atom stereocenters. The molecule has 0 saturated carbocycles. The lowest BCUT2D eigenvalue weighted by atomic mass is 10.2. The molecule has 18 heavy (non-hydrogen) atoms. The van der Waals surface area contributed by atoms with Crippen molar-refractivity contribution in [1.29, 1.82) is 0 Å². The fraction of sp³-hybridized carbons (Fsp3) is 0.154. The van der Waals surface area contributed by atoms with E-state index in [9.17, 15) is 8.42 Å². The van der Waals surface area contributed by atoms with Gasteiger partial charge in [-0.2, -0.15) is 0 Å². The third kappa shape index (κ3) is 2.42. The molecule has 2 aromatic rings. The van der Waals surface area contributed by atoms with Crippen LogP contribution in [0.1, 0.15) is 10.8 Å². The van der Waals surface area contributed by atoms with Gasteiger partial charge in [0.25, 0.3) is 0 Å². The molecule has 1 heterocycles. The van der Waals surface area contributed by atoms with E-state index in [0.717, 1.165) is 0 Å². The predicted molar refractivity (Wildman–Crippen MR) is 69.7 cm³/mol. The number of benzene rings is 1. The molecule has 0 fully saturated rings. The predicted octanol–water partition coefficient (Wildman–Crippen LogP) is 1.56. The summed E-state index contributed by atoms with van der Waals surface area (Å²) in [6, 6.07) is 11.8. The van der Waals surface area contributed by atoms with Crippen molar-refractivity contribution in [2.24, 2.45) is 5.73 Å². The van der Waals surface area contributed by atoms with Gasteiger partial charge in [0.05, 0.1) is 4.90 Å². The SMILES string of the molecule is NC[C@H](c1cccnc1)S(=O)(=O)c1ccccc1. The van der Waals surface area contributed by atoms with Gasteiger partial charge in [-0.05, 0) is 23.8 Å². The minimum Gasteiger partial charge on any atom is -0.329 e. The Hall–Kier alpha value is -1.72. The van der Waals surface area contributed by atoms with E-state index in [1.54, 1.807) is 48.7 Å². The summed E-state index contributed by atoms with van der Waals surface area (Å²) in [7, 11) is -3.47. The van der Waals surface area contributed by atoms with Crippen LogP contribution in [0.5, 0.6) is 0 Å². The molecule has 0 bridgehead atoms. The highest BCUT2D eigenvalue weighted by atomic mass is 32.2. The van der Waals surface area contributed by atoms with Crippen molar-refractivity contribution in [1.82, 2.24) is 4.98 Å². The van der Waals surface area contributed by atoms with E-state index >= 15 is 0 Å². The van der Waals surface area contributed by atoms with Crippen LogP contribution in [0.25, 0.3) is 0 Å². The molecule has 0 spiro atoms. The zero-order chi connectivity index (χ0) is 13.0. The Bertz CT molecular complexity index is 597. The lowest BCUT2D eigenvalue weighted by Crippen LogP contribution is -2.22. The molecule has 94 valence electrons. The molecular formula is C13H14N2O2S. The van der Waals surface area contributed by atoms with Gasteiger partial charge in [-0.1, -0.05) is 24.3 Å². The molecule has 1 atom stereocenters. The Morgan fingerprint density at radius 3 is 2.39 bits per heavy atom. The smallest absolute Gasteiger partial charge is 0.186 e. The number of pyridine rings is 1. The molecule has 5 heteroatoms. The van der Waals surface area contributed by atoms with Gasteiger partial charge in [0.15, 0.2) is 9.84 Å². The topological polar surface area (TPSA) is 73.0 Å². The number of aromatic nitrogens is 1. The molecule has 0 aliphatic rings. The first-order valence-corrected chi connectivity index (χ1v) is 7.10. The van der Waals surface area contributed by atoms with Crippen LogP contribution in [-0.2, 0) is 9.84 Å². The second-order valence-electron chi connectivity index (χ2n) is 3.87. The maximum atomic E-state index is 12.5. The summed E-state index contributed by atoms with van der Waals surface area (Å²) in [6.07, 6.45) is 3.14. The maximum Gasteiger partial charge on any atom is 0.186 e. The van der Waals surface area contributed by atoms with Gasteiger partial charge in [-0.3, -0.25) is 4.98 Å². The van der Waals surface area contributed by atoms with Gasteiger partial charge in [-0.25, -0.2) is 8.42 Å². The van der Waals surface area contributed by atoms with Gasteiger partial charge in [-0.15, -0.1) is 0 Å². The first kappa shape index (κ1) is 12.7. The van der Waals surface area contributed by atoms with E-state index < -0.39 is 15.1 Å². The average molecular weight is 262 g/mol. The van der Waals surface area contributed by atoms with Crippen LogP contribution in [0.2, 0.25) is 0 Å². The highest BCUT2D eigenvalue weighted by Crippen LogP contribution is 2.27. The normalized spacial score (nSPS) is 13.2. The summed E-state index contributed by atoms with van der Waals surface area (Å²) in [5.74, 6) is 0. The van der Waals surface area contributed by atoms with E-state index in [2.05, 4.69) is 4.98 Å². The third-order valence-electron chi connectivity index (χ3n) is 2.72. The van der Waals surface area contributed by atoms with Crippen molar-refractivity contribution in [3.05, 3.63) is 60.4 Å². The van der Waals surface area contributed by atoms with Gasteiger partial charge in [0, 0.05) is 18.9 Å². The first-order valence-electron chi connectivity index (χ1n) is 5.55. The van der Waals surface area contributed by atoms with Gasteiger partial charge in [0.1, 0.15) is 5.25 Å². The lowest BCUT2D eigenvalue weighted by Gasteiger charge is -2.15. The minimum absolute atomic E-state index is 0.0307. The Morgan fingerprint density at radius 1 is 1.11 bits per heavy atom. The Balaban J connectivity index is 2.46. The standard InChI is InChI=1S/C13H14N2O2S/c14-9-13(11-5-4-8-15-10-11)18(16,17)12-6-2-1-3-7-12/h1-8,10,13H,9,14H2/t13-/m1/s1. The quantitative estimate of drug-likeness (QED) is 0.907. The summed E-state index contributed by atoms with van der Waals surface area (Å²) < 4.78 is 24.9. The van der Waals surface area contributed by atoms with Gasteiger partial charge < -0.3 is 5.73 Å². The Labute approximate surface area is 106 Å². The van der Waals surface area contributed by atoms with Crippen molar-refractivity contribution in [3.63, 3.8) is 0 Å². The molecule has 1 aromatic heterocycles. The fourth-order valence-electron chi connectivity index (χ4n) is 1.78. The molecule has 2 N–H and O–H groups in total. The van der Waals surface area contributed by atoms with Crippen molar-refractivity contribution >= 4 is 9.84 Å². The molecule has 2 rings (SSSR count). The van der Waals surface area contributed by atoms with Crippen molar-refractivity contribution in [3.8, 4) is 0 Å². The first-order chi connectivity index (χ1) is 8.66. The number of nitrogens with two attached hydrogens (primary N) is 1. The van der Waals surface area contributed by atoms with Crippen LogP contribution >= 0.6 is 0 Å². The highest BCUT2D eigenvalue weighted by Gasteiger charge is 2.27. The monoisotopic (exact) mass is 262 g/mol. The lowest BCUT2D eigenvalue weighted by molar-refractivity contribution is 0.582. The Kier molecular flexibility index (Phi) is 3.74. The van der Waals surface area contributed by atoms with Crippen LogP contribution < -0.4 is 5.73 Å². The minimum atomic E-state index is -3.47. The van der Waals surface area contributed by atoms with E-state index in [1.807, 2.05) is 0 Å². The number of hydrogen-bond acceptors (Lipinski definition) is 4. The van der Waals surface area contributed by atoms with Crippen LogP contribution in [0, 0.1) is 0 Å². The second kappa shape index (κ2) is 5.29. The number of rotatable bonds is 4. The Morgan fingerprint density at radius 2 is 1.83 bits per heavy atom. The third-order valence-corrected chi connectivity index (χ3v) is 4.86. The molecule has 0 amide bonds. The van der Waals surface area contributed by atoms with Crippen LogP contribution in [0.3, 0.4) is 0 Å². The molecule has 0 aliphatic heterocycles. The van der Waals surface area contributed by atoms with E-state index in [0.29, 0.717) is 5.56 Å². The van der Waals surface area contributed by atoms with E-state index in [1.165, 1.54) is 6.20 Å². The zero-order valence-electron chi connectivity index (χ0n) is 9.73. The summed E-state index contributed by atoms with van der Waals surface area (Å²) in [5.41, 5.74) is 6.24. The number of nitrogens with zero attached hydrogens (tertiary/aromatic N) is 1. The van der Waals surface area contributed by atoms with E-state index in [-0.39, 0.29) is 11.4 Å². The van der Waals surface area contributed by atoms with Crippen molar-refractivity contribution in [2.75, 3.05) is 6.54 Å². The van der Waals surface area contributed by atoms with Gasteiger partial charge >= 0.3 is 0 Å². The summed E-state index contributed by atoms with van der Waals surface area (Å²) in [6.45, 7) is 0.0307. The molecule has 0 saturated heterocycles.